The molecule has 0 aliphatic carbocycles. The fourth-order valence-corrected chi connectivity index (χ4v) is 1.65. The van der Waals surface area contributed by atoms with Gasteiger partial charge in [0.2, 0.25) is 0 Å². The molecule has 1 amide bonds. The standard InChI is InChI=1S/C13H12N4O3/c1-8-5-6-9(7-15-8)16-13(18)10-3-2-4-11(12(10)14)17(19)20/h2-7H,14H2,1H3,(H,16,18). The van der Waals surface area contributed by atoms with Crippen LogP contribution in [0.15, 0.2) is 36.5 Å². The van der Waals surface area contributed by atoms with Gasteiger partial charge >= 0.3 is 0 Å². The molecule has 2 aromatic rings. The summed E-state index contributed by atoms with van der Waals surface area (Å²) >= 11 is 0. The van der Waals surface area contributed by atoms with Gasteiger partial charge in [0.25, 0.3) is 11.6 Å². The number of nitrogen functional groups attached to an aromatic ring is 1. The van der Waals surface area contributed by atoms with Crippen LogP contribution in [0.2, 0.25) is 0 Å². The first-order valence-corrected chi connectivity index (χ1v) is 5.76. The molecule has 0 bridgehead atoms. The van der Waals surface area contributed by atoms with E-state index < -0.39 is 10.8 Å². The highest BCUT2D eigenvalue weighted by Gasteiger charge is 2.18. The smallest absolute Gasteiger partial charge is 0.292 e. The Morgan fingerprint density at radius 1 is 1.35 bits per heavy atom. The molecule has 102 valence electrons. The van der Waals surface area contributed by atoms with Crippen LogP contribution in [0.3, 0.4) is 0 Å². The Morgan fingerprint density at radius 2 is 2.10 bits per heavy atom. The van der Waals surface area contributed by atoms with Crippen LogP contribution in [0, 0.1) is 17.0 Å². The Hall–Kier alpha value is -2.96. The molecule has 7 nitrogen and oxygen atoms in total. The van der Waals surface area contributed by atoms with Gasteiger partial charge in [-0.05, 0) is 25.1 Å². The van der Waals surface area contributed by atoms with E-state index in [-0.39, 0.29) is 16.9 Å². The fraction of sp³-hybridized carbons (Fsp3) is 0.0769. The number of rotatable bonds is 3. The maximum Gasteiger partial charge on any atom is 0.292 e. The molecule has 20 heavy (non-hydrogen) atoms. The summed E-state index contributed by atoms with van der Waals surface area (Å²) in [5.41, 5.74) is 6.56. The summed E-state index contributed by atoms with van der Waals surface area (Å²) < 4.78 is 0. The minimum absolute atomic E-state index is 0.0553. The maximum absolute atomic E-state index is 12.1. The van der Waals surface area contributed by atoms with Crippen molar-refractivity contribution < 1.29 is 9.72 Å². The van der Waals surface area contributed by atoms with Crippen molar-refractivity contribution in [2.45, 2.75) is 6.92 Å². The first kappa shape index (κ1) is 13.5. The number of amides is 1. The van der Waals surface area contributed by atoms with E-state index >= 15 is 0 Å². The number of nitrogens with two attached hydrogens (primary N) is 1. The molecule has 1 aromatic carbocycles. The topological polar surface area (TPSA) is 111 Å². The number of hydrogen-bond acceptors (Lipinski definition) is 5. The van der Waals surface area contributed by atoms with E-state index in [4.69, 9.17) is 5.73 Å². The van der Waals surface area contributed by atoms with Gasteiger partial charge in [0.05, 0.1) is 22.4 Å². The average molecular weight is 272 g/mol. The Balaban J connectivity index is 2.28. The van der Waals surface area contributed by atoms with E-state index in [2.05, 4.69) is 10.3 Å². The van der Waals surface area contributed by atoms with E-state index in [9.17, 15) is 14.9 Å². The maximum atomic E-state index is 12.1. The van der Waals surface area contributed by atoms with E-state index in [0.29, 0.717) is 5.69 Å². The summed E-state index contributed by atoms with van der Waals surface area (Å²) in [6.07, 6.45) is 1.50. The molecule has 0 radical (unpaired) electrons. The molecule has 7 heteroatoms. The lowest BCUT2D eigenvalue weighted by molar-refractivity contribution is -0.383. The molecular weight excluding hydrogens is 260 g/mol. The highest BCUT2D eigenvalue weighted by Crippen LogP contribution is 2.25. The third-order valence-electron chi connectivity index (χ3n) is 2.69. The van der Waals surface area contributed by atoms with Gasteiger partial charge in [0, 0.05) is 11.8 Å². The normalized spacial score (nSPS) is 10.1. The number of nitro benzene ring substituents is 1. The molecule has 2 rings (SSSR count). The minimum atomic E-state index is -0.625. The van der Waals surface area contributed by atoms with Crippen LogP contribution >= 0.6 is 0 Å². The monoisotopic (exact) mass is 272 g/mol. The molecule has 0 saturated carbocycles. The number of anilines is 2. The molecule has 0 aliphatic rings. The number of pyridine rings is 1. The van der Waals surface area contributed by atoms with Crippen LogP contribution in [0.1, 0.15) is 16.1 Å². The Morgan fingerprint density at radius 3 is 2.70 bits per heavy atom. The van der Waals surface area contributed by atoms with Crippen LogP contribution < -0.4 is 11.1 Å². The Labute approximate surface area is 114 Å². The molecule has 0 fully saturated rings. The lowest BCUT2D eigenvalue weighted by atomic mass is 10.1. The summed E-state index contributed by atoms with van der Waals surface area (Å²) in [6, 6.07) is 7.52. The zero-order valence-corrected chi connectivity index (χ0v) is 10.7. The third kappa shape index (κ3) is 2.72. The predicted octanol–water partition coefficient (Wildman–Crippen LogP) is 2.13. The van der Waals surface area contributed by atoms with Gasteiger partial charge < -0.3 is 11.1 Å². The van der Waals surface area contributed by atoms with Crippen molar-refractivity contribution in [3.8, 4) is 0 Å². The molecule has 0 spiro atoms. The van der Waals surface area contributed by atoms with Crippen molar-refractivity contribution in [2.24, 2.45) is 0 Å². The van der Waals surface area contributed by atoms with Gasteiger partial charge in [-0.25, -0.2) is 0 Å². The predicted molar refractivity (Wildman–Crippen MR) is 74.4 cm³/mol. The summed E-state index contributed by atoms with van der Waals surface area (Å²) in [5, 5.41) is 13.4. The number of aromatic nitrogens is 1. The largest absolute Gasteiger partial charge is 0.393 e. The van der Waals surface area contributed by atoms with Crippen molar-refractivity contribution >= 4 is 23.0 Å². The van der Waals surface area contributed by atoms with Gasteiger partial charge in [-0.3, -0.25) is 19.9 Å². The van der Waals surface area contributed by atoms with E-state index in [1.807, 2.05) is 6.92 Å². The zero-order valence-electron chi connectivity index (χ0n) is 10.7. The highest BCUT2D eigenvalue weighted by molar-refractivity contribution is 6.08. The third-order valence-corrected chi connectivity index (χ3v) is 2.69. The SMILES string of the molecule is Cc1ccc(NC(=O)c2cccc([N+](=O)[O-])c2N)cn1. The molecular formula is C13H12N4O3. The second kappa shape index (κ2) is 5.35. The number of nitro groups is 1. The number of benzene rings is 1. The summed E-state index contributed by atoms with van der Waals surface area (Å²) in [4.78, 5) is 26.2. The number of para-hydroxylation sites is 1. The fourth-order valence-electron chi connectivity index (χ4n) is 1.65. The number of hydrogen-bond donors (Lipinski definition) is 2. The van der Waals surface area contributed by atoms with Crippen LogP contribution in [0.5, 0.6) is 0 Å². The number of aryl methyl sites for hydroxylation is 1. The lowest BCUT2D eigenvalue weighted by Gasteiger charge is -2.07. The average Bonchev–Trinajstić information content (AvgIpc) is 2.41. The minimum Gasteiger partial charge on any atom is -0.393 e. The quantitative estimate of drug-likeness (QED) is 0.505. The van der Waals surface area contributed by atoms with E-state index in [1.54, 1.807) is 12.1 Å². The number of carbonyl (C=O) groups is 1. The van der Waals surface area contributed by atoms with E-state index in [0.717, 1.165) is 5.69 Å². The van der Waals surface area contributed by atoms with Crippen molar-refractivity contribution in [3.63, 3.8) is 0 Å². The van der Waals surface area contributed by atoms with Gasteiger partial charge in [-0.1, -0.05) is 6.07 Å². The Kier molecular flexibility index (Phi) is 3.60. The van der Waals surface area contributed by atoms with Gasteiger partial charge in [0.15, 0.2) is 0 Å². The second-order valence-corrected chi connectivity index (χ2v) is 4.14. The van der Waals surface area contributed by atoms with Crippen molar-refractivity contribution in [3.05, 3.63) is 57.9 Å². The number of nitrogens with zero attached hydrogens (tertiary/aromatic N) is 2. The van der Waals surface area contributed by atoms with E-state index in [1.165, 1.54) is 24.4 Å². The van der Waals surface area contributed by atoms with Crippen molar-refractivity contribution in [1.82, 2.24) is 4.98 Å². The molecule has 0 unspecified atom stereocenters. The first-order chi connectivity index (χ1) is 9.49. The van der Waals surface area contributed by atoms with Crippen molar-refractivity contribution in [2.75, 3.05) is 11.1 Å². The van der Waals surface area contributed by atoms with Gasteiger partial charge in [-0.2, -0.15) is 0 Å². The highest BCUT2D eigenvalue weighted by atomic mass is 16.6. The summed E-state index contributed by atoms with van der Waals surface area (Å²) in [5.74, 6) is -0.517. The van der Waals surface area contributed by atoms with Crippen LogP contribution in [-0.2, 0) is 0 Å². The van der Waals surface area contributed by atoms with Crippen molar-refractivity contribution in [1.29, 1.82) is 0 Å². The summed E-state index contributed by atoms with van der Waals surface area (Å²) in [7, 11) is 0. The second-order valence-electron chi connectivity index (χ2n) is 4.14. The number of nitrogens with one attached hydrogen (secondary N) is 1. The first-order valence-electron chi connectivity index (χ1n) is 5.76. The lowest BCUT2D eigenvalue weighted by Crippen LogP contribution is -2.15. The number of carbonyl (C=O) groups excluding carboxylic acids is 1. The van der Waals surface area contributed by atoms with Crippen LogP contribution in [0.25, 0.3) is 0 Å². The van der Waals surface area contributed by atoms with Gasteiger partial charge in [-0.15, -0.1) is 0 Å². The molecule has 0 atom stereocenters. The van der Waals surface area contributed by atoms with Crippen LogP contribution in [0.4, 0.5) is 17.1 Å². The molecule has 0 aliphatic heterocycles. The molecule has 1 heterocycles. The molecule has 1 aromatic heterocycles. The van der Waals surface area contributed by atoms with Crippen LogP contribution in [-0.4, -0.2) is 15.8 Å². The van der Waals surface area contributed by atoms with Gasteiger partial charge in [0.1, 0.15) is 5.69 Å². The molecule has 0 saturated heterocycles. The summed E-state index contributed by atoms with van der Waals surface area (Å²) in [6.45, 7) is 1.82. The zero-order chi connectivity index (χ0) is 14.7. The molecule has 3 N–H and O–H groups in total. The Bertz CT molecular complexity index is 668.